The molecule has 2 rings (SSSR count). The predicted octanol–water partition coefficient (Wildman–Crippen LogP) is 2.11. The lowest BCUT2D eigenvalue weighted by molar-refractivity contribution is 0.634. The maximum atomic E-state index is 3.33. The van der Waals surface area contributed by atoms with Crippen molar-refractivity contribution < 1.29 is 0 Å². The normalized spacial score (nSPS) is 10.7. The minimum Gasteiger partial charge on any atom is -0.308 e. The summed E-state index contributed by atoms with van der Waals surface area (Å²) in [5, 5.41) is 9.05. The van der Waals surface area contributed by atoms with Crippen molar-refractivity contribution in [3.8, 4) is 0 Å². The van der Waals surface area contributed by atoms with Gasteiger partial charge in [-0.25, -0.2) is 0 Å². The molecule has 0 atom stereocenters. The average Bonchev–Trinajstić information content (AvgIpc) is 2.30. The second kappa shape index (κ2) is 4.91. The van der Waals surface area contributed by atoms with Crippen molar-refractivity contribution in [2.45, 2.75) is 6.54 Å². The first kappa shape index (κ1) is 10.1. The Morgan fingerprint density at radius 2 is 1.80 bits per heavy atom. The summed E-state index contributed by atoms with van der Waals surface area (Å²) in [6.07, 6.45) is 0. The van der Waals surface area contributed by atoms with Gasteiger partial charge in [-0.15, -0.1) is 0 Å². The Bertz CT molecular complexity index is 432. The Morgan fingerprint density at radius 1 is 1.00 bits per heavy atom. The molecule has 2 N–H and O–H groups in total. The Labute approximate surface area is 90.3 Å². The Hall–Kier alpha value is -1.38. The molecule has 0 amide bonds. The van der Waals surface area contributed by atoms with Gasteiger partial charge in [0.15, 0.2) is 0 Å². The first-order valence-electron chi connectivity index (χ1n) is 5.24. The third-order valence-electron chi connectivity index (χ3n) is 2.50. The molecule has 2 aromatic carbocycles. The maximum absolute atomic E-state index is 3.33. The van der Waals surface area contributed by atoms with Crippen molar-refractivity contribution in [2.75, 3.05) is 13.7 Å². The molecule has 0 heterocycles. The van der Waals surface area contributed by atoms with Gasteiger partial charge in [-0.3, -0.25) is 0 Å². The number of hydrogen-bond donors (Lipinski definition) is 2. The van der Waals surface area contributed by atoms with E-state index in [1.165, 1.54) is 16.3 Å². The smallest absolute Gasteiger partial charge is 0.0454 e. The van der Waals surface area contributed by atoms with Crippen molar-refractivity contribution in [3.05, 3.63) is 48.0 Å². The molecule has 0 bridgehead atoms. The van der Waals surface area contributed by atoms with Crippen LogP contribution in [-0.4, -0.2) is 13.7 Å². The molecule has 2 nitrogen and oxygen atoms in total. The molecule has 0 fully saturated rings. The molecule has 2 heteroatoms. The van der Waals surface area contributed by atoms with E-state index < -0.39 is 0 Å². The molecule has 0 unspecified atom stereocenters. The van der Waals surface area contributed by atoms with E-state index in [0.29, 0.717) is 0 Å². The second-order valence-electron chi connectivity index (χ2n) is 3.60. The lowest BCUT2D eigenvalue weighted by atomic mass is 10.0. The maximum Gasteiger partial charge on any atom is 0.0454 e. The van der Waals surface area contributed by atoms with Gasteiger partial charge in [0.25, 0.3) is 0 Å². The summed E-state index contributed by atoms with van der Waals surface area (Å²) in [6.45, 7) is 1.74. The van der Waals surface area contributed by atoms with E-state index in [4.69, 9.17) is 0 Å². The van der Waals surface area contributed by atoms with Crippen LogP contribution in [-0.2, 0) is 6.54 Å². The molecule has 0 radical (unpaired) electrons. The van der Waals surface area contributed by atoms with Crippen LogP contribution in [0.15, 0.2) is 42.5 Å². The number of benzene rings is 2. The lowest BCUT2D eigenvalue weighted by Crippen LogP contribution is -2.25. The minimum absolute atomic E-state index is 0.837. The second-order valence-corrected chi connectivity index (χ2v) is 3.60. The van der Waals surface area contributed by atoms with Gasteiger partial charge < -0.3 is 10.6 Å². The third kappa shape index (κ3) is 2.35. The lowest BCUT2D eigenvalue weighted by Gasteiger charge is -2.07. The highest BCUT2D eigenvalue weighted by atomic mass is 15.0. The van der Waals surface area contributed by atoms with Gasteiger partial charge in [0.1, 0.15) is 0 Å². The molecule has 15 heavy (non-hydrogen) atoms. The highest BCUT2D eigenvalue weighted by Crippen LogP contribution is 2.17. The van der Waals surface area contributed by atoms with Crippen molar-refractivity contribution in [1.82, 2.24) is 10.6 Å². The SMILES string of the molecule is CNCNCc1cccc2ccccc12. The summed E-state index contributed by atoms with van der Waals surface area (Å²) in [4.78, 5) is 0. The highest BCUT2D eigenvalue weighted by molar-refractivity contribution is 5.85. The van der Waals surface area contributed by atoms with Gasteiger partial charge >= 0.3 is 0 Å². The van der Waals surface area contributed by atoms with Crippen molar-refractivity contribution in [3.63, 3.8) is 0 Å². The summed E-state index contributed by atoms with van der Waals surface area (Å²) in [6, 6.07) is 14.9. The molecule has 0 aliphatic heterocycles. The van der Waals surface area contributed by atoms with Crippen molar-refractivity contribution in [2.24, 2.45) is 0 Å². The molecular formula is C13H16N2. The molecule has 0 aliphatic carbocycles. The number of nitrogens with one attached hydrogen (secondary N) is 2. The molecule has 2 aromatic rings. The molecule has 78 valence electrons. The Morgan fingerprint density at radius 3 is 2.67 bits per heavy atom. The van der Waals surface area contributed by atoms with Crippen LogP contribution >= 0.6 is 0 Å². The predicted molar refractivity (Wildman–Crippen MR) is 64.7 cm³/mol. The van der Waals surface area contributed by atoms with E-state index in [2.05, 4.69) is 53.1 Å². The Balaban J connectivity index is 2.26. The fourth-order valence-electron chi connectivity index (χ4n) is 1.77. The van der Waals surface area contributed by atoms with Crippen LogP contribution in [0.5, 0.6) is 0 Å². The van der Waals surface area contributed by atoms with E-state index in [-0.39, 0.29) is 0 Å². The monoisotopic (exact) mass is 200 g/mol. The molecule has 0 aliphatic rings. The van der Waals surface area contributed by atoms with Gasteiger partial charge in [-0.2, -0.15) is 0 Å². The van der Waals surface area contributed by atoms with Crippen LogP contribution in [0.2, 0.25) is 0 Å². The molecule has 0 spiro atoms. The van der Waals surface area contributed by atoms with Crippen molar-refractivity contribution in [1.29, 1.82) is 0 Å². The van der Waals surface area contributed by atoms with Crippen LogP contribution in [0.4, 0.5) is 0 Å². The number of hydrogen-bond acceptors (Lipinski definition) is 2. The van der Waals surface area contributed by atoms with Crippen molar-refractivity contribution >= 4 is 10.8 Å². The number of fused-ring (bicyclic) bond motifs is 1. The minimum atomic E-state index is 0.837. The summed E-state index contributed by atoms with van der Waals surface area (Å²) in [5.74, 6) is 0. The average molecular weight is 200 g/mol. The van der Waals surface area contributed by atoms with Crippen LogP contribution in [0.1, 0.15) is 5.56 Å². The van der Waals surface area contributed by atoms with Crippen LogP contribution < -0.4 is 10.6 Å². The largest absolute Gasteiger partial charge is 0.308 e. The summed E-state index contributed by atoms with van der Waals surface area (Å²) in [7, 11) is 1.94. The highest BCUT2D eigenvalue weighted by Gasteiger charge is 1.98. The zero-order valence-electron chi connectivity index (χ0n) is 8.96. The van der Waals surface area contributed by atoms with E-state index in [0.717, 1.165) is 13.2 Å². The van der Waals surface area contributed by atoms with E-state index in [1.54, 1.807) is 0 Å². The van der Waals surface area contributed by atoms with Gasteiger partial charge in [0, 0.05) is 13.2 Å². The first-order chi connectivity index (χ1) is 7.42. The summed E-state index contributed by atoms with van der Waals surface area (Å²) >= 11 is 0. The Kier molecular flexibility index (Phi) is 3.33. The van der Waals surface area contributed by atoms with Gasteiger partial charge in [-0.1, -0.05) is 42.5 Å². The topological polar surface area (TPSA) is 24.1 Å². The first-order valence-corrected chi connectivity index (χ1v) is 5.24. The van der Waals surface area contributed by atoms with E-state index >= 15 is 0 Å². The number of rotatable bonds is 4. The fraction of sp³-hybridized carbons (Fsp3) is 0.231. The van der Waals surface area contributed by atoms with Gasteiger partial charge in [-0.05, 0) is 23.4 Å². The molecule has 0 saturated carbocycles. The zero-order chi connectivity index (χ0) is 10.5. The van der Waals surface area contributed by atoms with Crippen LogP contribution in [0, 0.1) is 0 Å². The van der Waals surface area contributed by atoms with E-state index in [1.807, 2.05) is 7.05 Å². The van der Waals surface area contributed by atoms with Gasteiger partial charge in [0.2, 0.25) is 0 Å². The quantitative estimate of drug-likeness (QED) is 0.583. The molecule has 0 saturated heterocycles. The van der Waals surface area contributed by atoms with E-state index in [9.17, 15) is 0 Å². The molecule has 0 aromatic heterocycles. The van der Waals surface area contributed by atoms with Gasteiger partial charge in [0.05, 0.1) is 0 Å². The summed E-state index contributed by atoms with van der Waals surface area (Å²) in [5.41, 5.74) is 1.35. The standard InChI is InChI=1S/C13H16N2/c1-14-10-15-9-12-7-4-6-11-5-2-3-8-13(11)12/h2-8,14-15H,9-10H2,1H3. The molecular weight excluding hydrogens is 184 g/mol. The van der Waals surface area contributed by atoms with Crippen LogP contribution in [0.3, 0.4) is 0 Å². The van der Waals surface area contributed by atoms with Crippen LogP contribution in [0.25, 0.3) is 10.8 Å². The third-order valence-corrected chi connectivity index (χ3v) is 2.50. The fourth-order valence-corrected chi connectivity index (χ4v) is 1.77. The zero-order valence-corrected chi connectivity index (χ0v) is 8.96. The summed E-state index contributed by atoms with van der Waals surface area (Å²) < 4.78 is 0.